The summed E-state index contributed by atoms with van der Waals surface area (Å²) >= 11 is 0. The summed E-state index contributed by atoms with van der Waals surface area (Å²) in [6.07, 6.45) is 0. The van der Waals surface area contributed by atoms with Crippen LogP contribution in [0.25, 0.3) is 0 Å². The summed E-state index contributed by atoms with van der Waals surface area (Å²) in [4.78, 5) is 11.4. The van der Waals surface area contributed by atoms with E-state index in [9.17, 15) is 4.79 Å². The Balaban J connectivity index is 2.49. The fourth-order valence-corrected chi connectivity index (χ4v) is 1.36. The molecule has 0 fully saturated rings. The van der Waals surface area contributed by atoms with Crippen LogP contribution in [-0.2, 0) is 16.1 Å². The van der Waals surface area contributed by atoms with Gasteiger partial charge in [-0.3, -0.25) is 4.79 Å². The first-order chi connectivity index (χ1) is 8.76. The number of amides is 1. The van der Waals surface area contributed by atoms with Gasteiger partial charge in [-0.15, -0.1) is 0 Å². The molecule has 0 bridgehead atoms. The van der Waals surface area contributed by atoms with Gasteiger partial charge in [0.1, 0.15) is 6.61 Å². The maximum absolute atomic E-state index is 11.4. The van der Waals surface area contributed by atoms with Crippen LogP contribution >= 0.6 is 0 Å². The van der Waals surface area contributed by atoms with Crippen LogP contribution in [0.3, 0.4) is 0 Å². The highest BCUT2D eigenvalue weighted by molar-refractivity contribution is 5.77. The van der Waals surface area contributed by atoms with Gasteiger partial charge in [0.2, 0.25) is 5.91 Å². The molecule has 1 aromatic carbocycles. The Morgan fingerprint density at radius 3 is 3.06 bits per heavy atom. The van der Waals surface area contributed by atoms with Crippen molar-refractivity contribution in [1.82, 2.24) is 5.32 Å². The first-order valence-electron chi connectivity index (χ1n) is 5.88. The molecule has 4 heteroatoms. The zero-order chi connectivity index (χ0) is 13.2. The van der Waals surface area contributed by atoms with E-state index in [1.165, 1.54) is 0 Å². The van der Waals surface area contributed by atoms with Gasteiger partial charge in [-0.25, -0.2) is 0 Å². The lowest BCUT2D eigenvalue weighted by Gasteiger charge is -2.05. The molecule has 0 radical (unpaired) electrons. The van der Waals surface area contributed by atoms with Crippen molar-refractivity contribution < 1.29 is 9.53 Å². The van der Waals surface area contributed by atoms with Crippen LogP contribution in [0.2, 0.25) is 0 Å². The van der Waals surface area contributed by atoms with Crippen LogP contribution in [0.1, 0.15) is 18.1 Å². The minimum absolute atomic E-state index is 0.100. The molecule has 0 heterocycles. The molecule has 0 aliphatic carbocycles. The molecular formula is C14H18N2O2. The quantitative estimate of drug-likeness (QED) is 0.750. The summed E-state index contributed by atoms with van der Waals surface area (Å²) < 4.78 is 5.01. The van der Waals surface area contributed by atoms with Gasteiger partial charge in [0.15, 0.2) is 0 Å². The van der Waals surface area contributed by atoms with Crippen LogP contribution in [0.5, 0.6) is 0 Å². The summed E-state index contributed by atoms with van der Waals surface area (Å²) in [6.45, 7) is 3.31. The smallest absolute Gasteiger partial charge is 0.246 e. The number of ether oxygens (including phenoxy) is 1. The number of carbonyl (C=O) groups is 1. The van der Waals surface area contributed by atoms with Gasteiger partial charge in [0.05, 0.1) is 6.54 Å². The number of hydrogen-bond donors (Lipinski definition) is 2. The molecule has 1 aromatic rings. The number of hydrogen-bond acceptors (Lipinski definition) is 3. The Bertz CT molecular complexity index is 447. The number of nitrogens with two attached hydrogens (primary N) is 1. The number of nitrogens with one attached hydrogen (secondary N) is 1. The van der Waals surface area contributed by atoms with E-state index in [0.29, 0.717) is 19.7 Å². The zero-order valence-electron chi connectivity index (χ0n) is 10.5. The summed E-state index contributed by atoms with van der Waals surface area (Å²) in [7, 11) is 0. The molecule has 0 saturated carbocycles. The molecule has 18 heavy (non-hydrogen) atoms. The van der Waals surface area contributed by atoms with E-state index in [4.69, 9.17) is 10.5 Å². The van der Waals surface area contributed by atoms with Crippen LogP contribution in [0.4, 0.5) is 0 Å². The third kappa shape index (κ3) is 5.48. The summed E-state index contributed by atoms with van der Waals surface area (Å²) in [5.74, 6) is 5.63. The Morgan fingerprint density at radius 2 is 2.33 bits per heavy atom. The monoisotopic (exact) mass is 246 g/mol. The molecule has 0 unspecified atom stereocenters. The standard InChI is InChI=1S/C14H18N2O2/c1-2-18-11-14(17)16-10-13-6-3-5-12(9-13)7-4-8-15/h3,5-6,9H,2,8,10-11,15H2,1H3,(H,16,17). The minimum Gasteiger partial charge on any atom is -0.372 e. The minimum atomic E-state index is -0.115. The highest BCUT2D eigenvalue weighted by Gasteiger charge is 2.00. The fraction of sp³-hybridized carbons (Fsp3) is 0.357. The van der Waals surface area contributed by atoms with E-state index >= 15 is 0 Å². The lowest BCUT2D eigenvalue weighted by atomic mass is 10.1. The largest absolute Gasteiger partial charge is 0.372 e. The van der Waals surface area contributed by atoms with E-state index in [-0.39, 0.29) is 12.5 Å². The van der Waals surface area contributed by atoms with Gasteiger partial charge >= 0.3 is 0 Å². The van der Waals surface area contributed by atoms with Crippen molar-refractivity contribution in [1.29, 1.82) is 0 Å². The third-order valence-electron chi connectivity index (χ3n) is 2.19. The summed E-state index contributed by atoms with van der Waals surface area (Å²) in [5, 5.41) is 2.78. The second kappa shape index (κ2) is 8.29. The van der Waals surface area contributed by atoms with E-state index < -0.39 is 0 Å². The van der Waals surface area contributed by atoms with Crippen LogP contribution in [-0.4, -0.2) is 25.7 Å². The maximum atomic E-state index is 11.4. The average Bonchev–Trinajstić information content (AvgIpc) is 2.41. The maximum Gasteiger partial charge on any atom is 0.246 e. The SMILES string of the molecule is CCOCC(=O)NCc1cccc(C#CCN)c1. The third-order valence-corrected chi connectivity index (χ3v) is 2.19. The second-order valence-electron chi connectivity index (χ2n) is 3.62. The molecule has 1 rings (SSSR count). The second-order valence-corrected chi connectivity index (χ2v) is 3.62. The lowest BCUT2D eigenvalue weighted by molar-refractivity contribution is -0.125. The van der Waals surface area contributed by atoms with Crippen molar-refractivity contribution in [3.05, 3.63) is 35.4 Å². The molecule has 96 valence electrons. The Hall–Kier alpha value is -1.83. The number of rotatable bonds is 5. The molecule has 3 N–H and O–H groups in total. The molecule has 0 spiro atoms. The summed E-state index contributed by atoms with van der Waals surface area (Å²) in [6, 6.07) is 7.69. The normalized spacial score (nSPS) is 9.44. The van der Waals surface area contributed by atoms with Crippen molar-refractivity contribution in [3.8, 4) is 11.8 Å². The van der Waals surface area contributed by atoms with Crippen molar-refractivity contribution in [2.75, 3.05) is 19.8 Å². The van der Waals surface area contributed by atoms with Crippen LogP contribution in [0.15, 0.2) is 24.3 Å². The van der Waals surface area contributed by atoms with Gasteiger partial charge < -0.3 is 15.8 Å². The molecular weight excluding hydrogens is 228 g/mol. The highest BCUT2D eigenvalue weighted by atomic mass is 16.5. The van der Waals surface area contributed by atoms with Crippen molar-refractivity contribution in [2.45, 2.75) is 13.5 Å². The predicted molar refractivity (Wildman–Crippen MR) is 70.7 cm³/mol. The van der Waals surface area contributed by atoms with Gasteiger partial charge in [0, 0.05) is 18.7 Å². The van der Waals surface area contributed by atoms with Gasteiger partial charge in [0.25, 0.3) is 0 Å². The Kier molecular flexibility index (Phi) is 6.55. The van der Waals surface area contributed by atoms with Crippen molar-refractivity contribution >= 4 is 5.91 Å². The van der Waals surface area contributed by atoms with Crippen molar-refractivity contribution in [2.24, 2.45) is 5.73 Å². The topological polar surface area (TPSA) is 64.3 Å². The molecule has 0 aliphatic rings. The van der Waals surface area contributed by atoms with Crippen LogP contribution in [0, 0.1) is 11.8 Å². The van der Waals surface area contributed by atoms with Gasteiger partial charge in [-0.05, 0) is 24.6 Å². The number of benzene rings is 1. The van der Waals surface area contributed by atoms with E-state index in [2.05, 4.69) is 17.2 Å². The zero-order valence-corrected chi connectivity index (χ0v) is 10.5. The van der Waals surface area contributed by atoms with Gasteiger partial charge in [-0.2, -0.15) is 0 Å². The van der Waals surface area contributed by atoms with Crippen molar-refractivity contribution in [3.63, 3.8) is 0 Å². The average molecular weight is 246 g/mol. The lowest BCUT2D eigenvalue weighted by Crippen LogP contribution is -2.27. The first-order valence-corrected chi connectivity index (χ1v) is 5.88. The molecule has 1 amide bonds. The Labute approximate surface area is 108 Å². The fourth-order valence-electron chi connectivity index (χ4n) is 1.36. The highest BCUT2D eigenvalue weighted by Crippen LogP contribution is 2.03. The van der Waals surface area contributed by atoms with Crippen LogP contribution < -0.4 is 11.1 Å². The van der Waals surface area contributed by atoms with E-state index in [0.717, 1.165) is 11.1 Å². The molecule has 0 atom stereocenters. The van der Waals surface area contributed by atoms with E-state index in [1.54, 1.807) is 0 Å². The first kappa shape index (κ1) is 14.2. The van der Waals surface area contributed by atoms with E-state index in [1.807, 2.05) is 31.2 Å². The molecule has 0 aliphatic heterocycles. The molecule has 0 aromatic heterocycles. The number of carbonyl (C=O) groups excluding carboxylic acids is 1. The molecule has 0 saturated heterocycles. The van der Waals surface area contributed by atoms with Gasteiger partial charge in [-0.1, -0.05) is 24.0 Å². The Morgan fingerprint density at radius 1 is 1.50 bits per heavy atom. The molecule has 4 nitrogen and oxygen atoms in total. The predicted octanol–water partition coefficient (Wildman–Crippen LogP) is 0.649. The summed E-state index contributed by atoms with van der Waals surface area (Å²) in [5.41, 5.74) is 7.22.